The predicted molar refractivity (Wildman–Crippen MR) is 71.7 cm³/mol. The van der Waals surface area contributed by atoms with Gasteiger partial charge in [-0.15, -0.1) is 37.2 Å². The van der Waals surface area contributed by atoms with Crippen LogP contribution in [0, 0.1) is 0 Å². The summed E-state index contributed by atoms with van der Waals surface area (Å²) in [6.07, 6.45) is 0. The molecule has 0 unspecified atom stereocenters. The van der Waals surface area contributed by atoms with E-state index < -0.39 is 0 Å². The lowest BCUT2D eigenvalue weighted by atomic mass is 10.4. The van der Waals surface area contributed by atoms with Gasteiger partial charge in [-0.25, -0.2) is 0 Å². The number of hydrogen-bond acceptors (Lipinski definition) is 0. The Balaban J connectivity index is -0.0000000327. The highest BCUT2D eigenvalue weighted by molar-refractivity contribution is 6.30. The molecule has 0 atom stereocenters. The molecule has 0 fully saturated rings. The molecular formula is C6H13AlCl4Mg. The van der Waals surface area contributed by atoms with Crippen molar-refractivity contribution in [3.63, 3.8) is 0 Å². The lowest BCUT2D eigenvalue weighted by molar-refractivity contribution is 1.71. The zero-order chi connectivity index (χ0) is 5.11. The molecule has 0 heterocycles. The Kier molecular flexibility index (Phi) is 44.9. The van der Waals surface area contributed by atoms with Gasteiger partial charge >= 0.3 is 23.1 Å². The minimum absolute atomic E-state index is 0. The van der Waals surface area contributed by atoms with Crippen molar-refractivity contribution in [3.8, 4) is 0 Å². The van der Waals surface area contributed by atoms with Crippen LogP contribution in [0.5, 0.6) is 0 Å². The highest BCUT2D eigenvalue weighted by Crippen LogP contribution is 2.03. The van der Waals surface area contributed by atoms with E-state index in [1.165, 1.54) is 0 Å². The first kappa shape index (κ1) is 29.2. The molecule has 0 aromatic heterocycles. The van der Waals surface area contributed by atoms with Crippen molar-refractivity contribution in [1.29, 1.82) is 0 Å². The number of hydrogen-bond donors (Lipinski definition) is 0. The molecule has 0 aliphatic rings. The van der Waals surface area contributed by atoms with E-state index in [4.69, 9.17) is 11.6 Å². The fourth-order valence-corrected chi connectivity index (χ4v) is 0.560. The summed E-state index contributed by atoms with van der Waals surface area (Å²) in [6.45, 7) is 0. The Labute approximate surface area is 123 Å². The van der Waals surface area contributed by atoms with Gasteiger partial charge in [-0.2, -0.15) is 0 Å². The minimum atomic E-state index is 0. The van der Waals surface area contributed by atoms with Gasteiger partial charge in [0.05, 0.1) is 0 Å². The van der Waals surface area contributed by atoms with Gasteiger partial charge < -0.3 is 0 Å². The van der Waals surface area contributed by atoms with Crippen LogP contribution in [0.1, 0.15) is 0 Å². The van der Waals surface area contributed by atoms with Crippen LogP contribution in [0.15, 0.2) is 30.3 Å². The van der Waals surface area contributed by atoms with Crippen LogP contribution in [0.3, 0.4) is 0 Å². The molecule has 0 aliphatic carbocycles. The lowest BCUT2D eigenvalue weighted by Crippen LogP contribution is -1.55. The zero-order valence-corrected chi connectivity index (χ0v) is 8.19. The Bertz CT molecular complexity index is 149. The molecule has 12 heavy (non-hydrogen) atoms. The largest absolute Gasteiger partial charge is 0.316 e. The Morgan fingerprint density at radius 3 is 1.33 bits per heavy atom. The van der Waals surface area contributed by atoms with Crippen LogP contribution in [0.4, 0.5) is 0 Å². The smallest absolute Gasteiger partial charge is 0.147 e. The van der Waals surface area contributed by atoms with E-state index in [0.29, 0.717) is 0 Å². The van der Waals surface area contributed by atoms with Gasteiger partial charge in [0.1, 0.15) is 0 Å². The quantitative estimate of drug-likeness (QED) is 0.631. The normalized spacial score (nSPS) is 5.08. The molecule has 0 spiro atoms. The van der Waals surface area contributed by atoms with Crippen LogP contribution in [0.2, 0.25) is 5.02 Å². The molecule has 1 aromatic rings. The molecule has 0 nitrogen and oxygen atoms in total. The van der Waals surface area contributed by atoms with Crippen molar-refractivity contribution in [1.82, 2.24) is 0 Å². The van der Waals surface area contributed by atoms with Gasteiger partial charge in [-0.1, -0.05) is 29.8 Å². The summed E-state index contributed by atoms with van der Waals surface area (Å²) in [6, 6.07) is 9.44. The highest BCUT2D eigenvalue weighted by Gasteiger charge is 1.74. The number of halogens is 4. The number of rotatable bonds is 0. The minimum Gasteiger partial charge on any atom is -0.147 e. The average Bonchev–Trinajstić information content (AvgIpc) is 1.69. The van der Waals surface area contributed by atoms with Crippen LogP contribution in [0.25, 0.3) is 0 Å². The molecule has 1 aromatic carbocycles. The molecular weight excluding hydrogens is 265 g/mol. The Morgan fingerprint density at radius 2 is 1.17 bits per heavy atom. The van der Waals surface area contributed by atoms with E-state index in [9.17, 15) is 0 Å². The molecule has 0 N–H and O–H groups in total. The molecule has 0 saturated carbocycles. The van der Waals surface area contributed by atoms with Crippen LogP contribution in [-0.2, 0) is 0 Å². The first-order valence-electron chi connectivity index (χ1n) is 2.10. The maximum Gasteiger partial charge on any atom is 0.316 e. The maximum absolute atomic E-state index is 5.54. The second kappa shape index (κ2) is 18.5. The first-order valence-corrected chi connectivity index (χ1v) is 2.48. The topological polar surface area (TPSA) is 0 Å². The molecule has 70 valence electrons. The van der Waals surface area contributed by atoms with E-state index in [-0.39, 0.29) is 77.6 Å². The monoisotopic (exact) mass is 276 g/mol. The standard InChI is InChI=1S/C6H5Cl.Al.3ClH.Mg.5H/c7-6-4-2-1-3-5-6;;;;;;;;;;/h1-5H;;3*1H;;;;;;. The summed E-state index contributed by atoms with van der Waals surface area (Å²) in [4.78, 5) is 0. The van der Waals surface area contributed by atoms with Crippen molar-refractivity contribution in [2.75, 3.05) is 0 Å². The molecule has 6 heteroatoms. The van der Waals surface area contributed by atoms with Crippen LogP contribution >= 0.6 is 48.8 Å². The second-order valence-corrected chi connectivity index (χ2v) is 1.73. The van der Waals surface area contributed by atoms with E-state index in [0.717, 1.165) is 5.02 Å². The van der Waals surface area contributed by atoms with E-state index in [2.05, 4.69) is 0 Å². The Morgan fingerprint density at radius 1 is 0.833 bits per heavy atom. The summed E-state index contributed by atoms with van der Waals surface area (Å²) in [5, 5.41) is 0.794. The van der Waals surface area contributed by atoms with Crippen molar-refractivity contribution in [2.45, 2.75) is 0 Å². The van der Waals surface area contributed by atoms with Crippen molar-refractivity contribution in [2.24, 2.45) is 0 Å². The lowest BCUT2D eigenvalue weighted by Gasteiger charge is -1.80. The van der Waals surface area contributed by atoms with Crippen LogP contribution < -0.4 is 0 Å². The molecule has 0 aliphatic heterocycles. The summed E-state index contributed by atoms with van der Waals surface area (Å²) in [5.74, 6) is 0. The summed E-state index contributed by atoms with van der Waals surface area (Å²) in [5.41, 5.74) is 0. The molecule has 1 rings (SSSR count). The molecule has 0 bridgehead atoms. The van der Waals surface area contributed by atoms with Gasteiger partial charge in [0, 0.05) is 5.02 Å². The van der Waals surface area contributed by atoms with Gasteiger partial charge in [0.25, 0.3) is 0 Å². The van der Waals surface area contributed by atoms with Crippen molar-refractivity contribution >= 4 is 89.2 Å². The maximum atomic E-state index is 5.54. The molecule has 0 amide bonds. The van der Waals surface area contributed by atoms with Crippen molar-refractivity contribution in [3.05, 3.63) is 35.4 Å². The first-order chi connectivity index (χ1) is 3.39. The third kappa shape index (κ3) is 14.2. The number of benzene rings is 1. The van der Waals surface area contributed by atoms with Crippen molar-refractivity contribution < 1.29 is 0 Å². The summed E-state index contributed by atoms with van der Waals surface area (Å²) in [7, 11) is 0. The van der Waals surface area contributed by atoms with E-state index in [1.54, 1.807) is 0 Å². The van der Waals surface area contributed by atoms with Gasteiger partial charge in [0.2, 0.25) is 0 Å². The van der Waals surface area contributed by atoms with Crippen LogP contribution in [-0.4, -0.2) is 40.4 Å². The van der Waals surface area contributed by atoms with Gasteiger partial charge in [-0.3, -0.25) is 0 Å². The van der Waals surface area contributed by atoms with E-state index in [1.807, 2.05) is 30.3 Å². The third-order valence-corrected chi connectivity index (χ3v) is 0.985. The molecule has 0 radical (unpaired) electrons. The average molecular weight is 278 g/mol. The second-order valence-electron chi connectivity index (χ2n) is 1.30. The predicted octanol–water partition coefficient (Wildman–Crippen LogP) is 1.51. The highest BCUT2D eigenvalue weighted by atomic mass is 35.5. The van der Waals surface area contributed by atoms with E-state index >= 15 is 0 Å². The molecule has 0 saturated heterocycles. The summed E-state index contributed by atoms with van der Waals surface area (Å²) >= 11 is 5.54. The fourth-order valence-electron chi connectivity index (χ4n) is 0.415. The summed E-state index contributed by atoms with van der Waals surface area (Å²) < 4.78 is 0. The SMILES string of the molecule is Cl.Cl.Cl.Clc1ccccc1.[AlH3].[MgH2]. The fraction of sp³-hybridized carbons (Fsp3) is 0. The van der Waals surface area contributed by atoms with Gasteiger partial charge in [0.15, 0.2) is 17.4 Å². The Hall–Kier alpha value is 1.68. The van der Waals surface area contributed by atoms with Gasteiger partial charge in [-0.05, 0) is 12.1 Å². The zero-order valence-electron chi connectivity index (χ0n) is 4.99. The third-order valence-electron chi connectivity index (χ3n) is 0.733.